The lowest BCUT2D eigenvalue weighted by molar-refractivity contribution is 0.0436. The summed E-state index contributed by atoms with van der Waals surface area (Å²) in [5.41, 5.74) is -0.592. The van der Waals surface area contributed by atoms with Gasteiger partial charge in [-0.3, -0.25) is 4.68 Å². The Morgan fingerprint density at radius 2 is 2.57 bits per heavy atom. The summed E-state index contributed by atoms with van der Waals surface area (Å²) in [6.07, 6.45) is 2.99. The largest absolute Gasteiger partial charge is 0.388 e. The van der Waals surface area contributed by atoms with Gasteiger partial charge in [0, 0.05) is 18.7 Å². The lowest BCUT2D eigenvalue weighted by atomic mass is 9.93. The van der Waals surface area contributed by atoms with Crippen LogP contribution in [0.5, 0.6) is 0 Å². The maximum absolute atomic E-state index is 10.4. The number of nitrogens with zero attached hydrogens (tertiary/aromatic N) is 3. The summed E-state index contributed by atoms with van der Waals surface area (Å²) in [6.45, 7) is 2.08. The fraction of sp³-hybridized carbons (Fsp3) is 0.778. The molecule has 78 valence electrons. The molecule has 2 atom stereocenters. The molecule has 2 unspecified atom stereocenters. The Balaban J connectivity index is 2.14. The molecule has 2 rings (SSSR count). The predicted octanol–water partition coefficient (Wildman–Crippen LogP) is 0.614. The van der Waals surface area contributed by atoms with Crippen molar-refractivity contribution >= 4 is 11.8 Å². The Bertz CT molecular complexity index is 328. The van der Waals surface area contributed by atoms with Crippen molar-refractivity contribution in [2.24, 2.45) is 7.05 Å². The van der Waals surface area contributed by atoms with Gasteiger partial charge < -0.3 is 5.11 Å². The zero-order valence-electron chi connectivity index (χ0n) is 8.47. The van der Waals surface area contributed by atoms with Gasteiger partial charge in [-0.15, -0.1) is 0 Å². The molecule has 14 heavy (non-hydrogen) atoms. The molecular formula is C9H15N3OS. The predicted molar refractivity (Wildman–Crippen MR) is 56.2 cm³/mol. The summed E-state index contributed by atoms with van der Waals surface area (Å²) in [5.74, 6) is 1.90. The van der Waals surface area contributed by atoms with Crippen molar-refractivity contribution < 1.29 is 5.11 Å². The minimum atomic E-state index is -0.592. The van der Waals surface area contributed by atoms with E-state index >= 15 is 0 Å². The van der Waals surface area contributed by atoms with E-state index in [0.717, 1.165) is 18.0 Å². The van der Waals surface area contributed by atoms with Crippen LogP contribution in [0.3, 0.4) is 0 Å². The molecule has 0 radical (unpaired) electrons. The third-order valence-electron chi connectivity index (χ3n) is 2.93. The van der Waals surface area contributed by atoms with E-state index in [0.29, 0.717) is 11.7 Å². The standard InChI is InChI=1S/C9H15N3OS/c1-7-9(13,3-4-14-7)5-8-10-6-11-12(8)2/h6-7,13H,3-5H2,1-2H3. The van der Waals surface area contributed by atoms with Crippen molar-refractivity contribution in [2.45, 2.75) is 30.6 Å². The first kappa shape index (κ1) is 9.98. The topological polar surface area (TPSA) is 50.9 Å². The van der Waals surface area contributed by atoms with Gasteiger partial charge in [0.2, 0.25) is 0 Å². The molecule has 0 amide bonds. The van der Waals surface area contributed by atoms with Gasteiger partial charge in [0.15, 0.2) is 0 Å². The third-order valence-corrected chi connectivity index (χ3v) is 4.31. The summed E-state index contributed by atoms with van der Waals surface area (Å²) >= 11 is 1.82. The van der Waals surface area contributed by atoms with E-state index in [4.69, 9.17) is 0 Å². The van der Waals surface area contributed by atoms with Crippen LogP contribution in [0.2, 0.25) is 0 Å². The van der Waals surface area contributed by atoms with E-state index in [9.17, 15) is 5.11 Å². The SMILES string of the molecule is CC1SCCC1(O)Cc1ncnn1C. The molecule has 4 nitrogen and oxygen atoms in total. The Morgan fingerprint density at radius 3 is 3.07 bits per heavy atom. The zero-order chi connectivity index (χ0) is 10.2. The first-order valence-electron chi connectivity index (χ1n) is 4.79. The average molecular weight is 213 g/mol. The molecule has 1 fully saturated rings. The molecule has 2 heterocycles. The second-order valence-corrected chi connectivity index (χ2v) is 5.29. The first-order chi connectivity index (χ1) is 6.62. The number of rotatable bonds is 2. The van der Waals surface area contributed by atoms with Gasteiger partial charge in [-0.05, 0) is 12.2 Å². The monoisotopic (exact) mass is 213 g/mol. The Kier molecular flexibility index (Phi) is 2.53. The van der Waals surface area contributed by atoms with Gasteiger partial charge in [-0.1, -0.05) is 6.92 Å². The maximum atomic E-state index is 10.4. The van der Waals surface area contributed by atoms with Gasteiger partial charge >= 0.3 is 0 Å². The van der Waals surface area contributed by atoms with Crippen LogP contribution in [0.15, 0.2) is 6.33 Å². The molecule has 0 bridgehead atoms. The van der Waals surface area contributed by atoms with Crippen molar-refractivity contribution in [3.63, 3.8) is 0 Å². The fourth-order valence-corrected chi connectivity index (χ4v) is 3.09. The number of thioether (sulfide) groups is 1. The van der Waals surface area contributed by atoms with Crippen LogP contribution in [0, 0.1) is 0 Å². The molecule has 1 aliphatic heterocycles. The van der Waals surface area contributed by atoms with Gasteiger partial charge in [0.05, 0.1) is 5.60 Å². The molecule has 0 aromatic carbocycles. The Hall–Kier alpha value is -0.550. The lowest BCUT2D eigenvalue weighted by Crippen LogP contribution is -2.37. The fourth-order valence-electron chi connectivity index (χ4n) is 1.76. The summed E-state index contributed by atoms with van der Waals surface area (Å²) in [4.78, 5) is 4.14. The highest BCUT2D eigenvalue weighted by molar-refractivity contribution is 8.00. The number of aryl methyl sites for hydroxylation is 1. The molecule has 1 aromatic heterocycles. The minimum absolute atomic E-state index is 0.291. The van der Waals surface area contributed by atoms with Gasteiger partial charge in [0.25, 0.3) is 0 Å². The first-order valence-corrected chi connectivity index (χ1v) is 5.83. The van der Waals surface area contributed by atoms with E-state index in [-0.39, 0.29) is 0 Å². The maximum Gasteiger partial charge on any atom is 0.138 e. The van der Waals surface area contributed by atoms with E-state index in [1.165, 1.54) is 6.33 Å². The van der Waals surface area contributed by atoms with Crippen molar-refractivity contribution in [3.05, 3.63) is 12.2 Å². The van der Waals surface area contributed by atoms with Crippen LogP contribution in [0.4, 0.5) is 0 Å². The Morgan fingerprint density at radius 1 is 1.79 bits per heavy atom. The summed E-state index contributed by atoms with van der Waals surface area (Å²) in [5, 5.41) is 14.6. The van der Waals surface area contributed by atoms with Crippen LogP contribution < -0.4 is 0 Å². The van der Waals surface area contributed by atoms with E-state index in [1.54, 1.807) is 4.68 Å². The van der Waals surface area contributed by atoms with Crippen molar-refractivity contribution in [1.82, 2.24) is 14.8 Å². The lowest BCUT2D eigenvalue weighted by Gasteiger charge is -2.25. The average Bonchev–Trinajstić information content (AvgIpc) is 2.64. The second kappa shape index (κ2) is 3.55. The van der Waals surface area contributed by atoms with Crippen LogP contribution in [-0.4, -0.2) is 36.5 Å². The molecule has 5 heteroatoms. The highest BCUT2D eigenvalue weighted by atomic mass is 32.2. The minimum Gasteiger partial charge on any atom is -0.388 e. The molecular weight excluding hydrogens is 198 g/mol. The highest BCUT2D eigenvalue weighted by Crippen LogP contribution is 2.37. The Labute approximate surface area is 87.7 Å². The molecule has 0 saturated carbocycles. The molecule has 1 saturated heterocycles. The van der Waals surface area contributed by atoms with E-state index in [2.05, 4.69) is 17.0 Å². The van der Waals surface area contributed by atoms with E-state index in [1.807, 2.05) is 18.8 Å². The molecule has 1 aliphatic rings. The zero-order valence-corrected chi connectivity index (χ0v) is 9.29. The molecule has 1 aromatic rings. The highest BCUT2D eigenvalue weighted by Gasteiger charge is 2.39. The smallest absolute Gasteiger partial charge is 0.138 e. The summed E-state index contributed by atoms with van der Waals surface area (Å²) < 4.78 is 1.73. The van der Waals surface area contributed by atoms with Gasteiger partial charge in [0.1, 0.15) is 12.2 Å². The third kappa shape index (κ3) is 1.66. The van der Waals surface area contributed by atoms with Crippen molar-refractivity contribution in [1.29, 1.82) is 0 Å². The number of aromatic nitrogens is 3. The summed E-state index contributed by atoms with van der Waals surface area (Å²) in [7, 11) is 1.86. The van der Waals surface area contributed by atoms with Gasteiger partial charge in [-0.2, -0.15) is 16.9 Å². The quantitative estimate of drug-likeness (QED) is 0.782. The summed E-state index contributed by atoms with van der Waals surface area (Å²) in [6, 6.07) is 0. The van der Waals surface area contributed by atoms with Crippen LogP contribution in [0.1, 0.15) is 19.2 Å². The second-order valence-electron chi connectivity index (χ2n) is 3.84. The normalized spacial score (nSPS) is 32.4. The molecule has 0 aliphatic carbocycles. The van der Waals surface area contributed by atoms with Crippen LogP contribution in [0.25, 0.3) is 0 Å². The number of hydrogen-bond donors (Lipinski definition) is 1. The van der Waals surface area contributed by atoms with Crippen molar-refractivity contribution in [3.8, 4) is 0 Å². The number of aliphatic hydroxyl groups is 1. The molecule has 0 spiro atoms. The molecule has 1 N–H and O–H groups in total. The van der Waals surface area contributed by atoms with Gasteiger partial charge in [-0.25, -0.2) is 4.98 Å². The van der Waals surface area contributed by atoms with Crippen LogP contribution >= 0.6 is 11.8 Å². The van der Waals surface area contributed by atoms with Crippen molar-refractivity contribution in [2.75, 3.05) is 5.75 Å². The number of hydrogen-bond acceptors (Lipinski definition) is 4. The van der Waals surface area contributed by atoms with Crippen LogP contribution in [-0.2, 0) is 13.5 Å². The van der Waals surface area contributed by atoms with E-state index < -0.39 is 5.60 Å².